The molecule has 0 amide bonds. The van der Waals surface area contributed by atoms with Crippen LogP contribution in [-0.4, -0.2) is 32.6 Å². The average Bonchev–Trinajstić information content (AvgIpc) is 3.24. The number of hydrogen-bond acceptors (Lipinski definition) is 6. The van der Waals surface area contributed by atoms with Crippen LogP contribution in [0.4, 0.5) is 4.39 Å². The van der Waals surface area contributed by atoms with E-state index in [2.05, 4.69) is 0 Å². The molecule has 184 valence electrons. The second-order valence-electron chi connectivity index (χ2n) is 9.00. The van der Waals surface area contributed by atoms with Gasteiger partial charge in [0.05, 0.1) is 23.3 Å². The minimum absolute atomic E-state index is 0.0449. The van der Waals surface area contributed by atoms with Gasteiger partial charge in [0.15, 0.2) is 17.7 Å². The van der Waals surface area contributed by atoms with Crippen molar-refractivity contribution in [3.63, 3.8) is 0 Å². The van der Waals surface area contributed by atoms with Gasteiger partial charge >= 0.3 is 17.3 Å². The molecule has 0 unspecified atom stereocenters. The molecule has 0 saturated carbocycles. The molecule has 3 aromatic rings. The minimum atomic E-state index is -1.17. The Kier molecular flexibility index (Phi) is 5.51. The Morgan fingerprint density at radius 2 is 1.71 bits per heavy atom. The monoisotopic (exact) mass is 503 g/mol. The first-order chi connectivity index (χ1) is 16.6. The zero-order chi connectivity index (χ0) is 25.1. The highest BCUT2D eigenvalue weighted by Gasteiger charge is 2.48. The third kappa shape index (κ3) is 3.63. The summed E-state index contributed by atoms with van der Waals surface area (Å²) in [6.07, 6.45) is 0.434. The van der Waals surface area contributed by atoms with Gasteiger partial charge in [0, 0.05) is 13.1 Å². The number of halogens is 2. The van der Waals surface area contributed by atoms with Crippen LogP contribution < -0.4 is 20.9 Å². The van der Waals surface area contributed by atoms with E-state index in [0.717, 1.165) is 23.5 Å². The van der Waals surface area contributed by atoms with E-state index in [0.29, 0.717) is 18.8 Å². The van der Waals surface area contributed by atoms with Gasteiger partial charge in [-0.15, -0.1) is 0 Å². The molecule has 0 saturated heterocycles. The maximum Gasteiger partial charge on any atom is 0.352 e. The van der Waals surface area contributed by atoms with Crippen molar-refractivity contribution in [2.75, 3.05) is 7.11 Å². The molecule has 1 aromatic heterocycles. The molecule has 9 nitrogen and oxygen atoms in total. The molecule has 0 N–H and O–H groups in total. The number of fused-ring (bicyclic) bond motifs is 2. The number of ether oxygens (including phenoxy) is 3. The summed E-state index contributed by atoms with van der Waals surface area (Å²) in [4.78, 5) is 39.1. The fraction of sp³-hybridized carbons (Fsp3) is 0.375. The third-order valence-corrected chi connectivity index (χ3v) is 6.65. The summed E-state index contributed by atoms with van der Waals surface area (Å²) in [6, 6.07) is 7.34. The lowest BCUT2D eigenvalue weighted by atomic mass is 9.96. The van der Waals surface area contributed by atoms with Crippen molar-refractivity contribution >= 4 is 17.6 Å². The summed E-state index contributed by atoms with van der Waals surface area (Å²) in [6.45, 7) is 4.01. The molecule has 35 heavy (non-hydrogen) atoms. The van der Waals surface area contributed by atoms with E-state index in [9.17, 15) is 14.4 Å². The van der Waals surface area contributed by atoms with Crippen LogP contribution in [0.5, 0.6) is 11.5 Å². The van der Waals surface area contributed by atoms with Gasteiger partial charge in [-0.2, -0.15) is 0 Å². The lowest BCUT2D eigenvalue weighted by Crippen LogP contribution is -2.33. The van der Waals surface area contributed by atoms with Crippen LogP contribution in [0, 0.1) is 5.82 Å². The quantitative estimate of drug-likeness (QED) is 0.506. The molecule has 1 atom stereocenters. The van der Waals surface area contributed by atoms with Crippen molar-refractivity contribution in [2.45, 2.75) is 51.5 Å². The molecular weight excluding hydrogens is 481 g/mol. The zero-order valence-electron chi connectivity index (χ0n) is 19.3. The second kappa shape index (κ2) is 8.30. The lowest BCUT2D eigenvalue weighted by Gasteiger charge is -2.26. The fourth-order valence-corrected chi connectivity index (χ4v) is 4.87. The molecule has 2 aliphatic heterocycles. The summed E-state index contributed by atoms with van der Waals surface area (Å²) in [7, 11) is 1.51. The van der Waals surface area contributed by atoms with E-state index in [-0.39, 0.29) is 27.6 Å². The van der Waals surface area contributed by atoms with Gasteiger partial charge < -0.3 is 14.2 Å². The highest BCUT2D eigenvalue weighted by molar-refractivity contribution is 6.31. The molecule has 0 aliphatic carbocycles. The van der Waals surface area contributed by atoms with Crippen molar-refractivity contribution < 1.29 is 23.4 Å². The number of nitrogens with zero attached hydrogens (tertiary/aromatic N) is 3. The van der Waals surface area contributed by atoms with Gasteiger partial charge in [0.25, 0.3) is 0 Å². The molecule has 0 spiro atoms. The minimum Gasteiger partial charge on any atom is -0.497 e. The first-order valence-electron chi connectivity index (χ1n) is 11.1. The molecule has 2 aromatic carbocycles. The van der Waals surface area contributed by atoms with Crippen LogP contribution in [0.3, 0.4) is 0 Å². The van der Waals surface area contributed by atoms with Crippen LogP contribution in [0.25, 0.3) is 5.69 Å². The van der Waals surface area contributed by atoms with Crippen molar-refractivity contribution in [3.8, 4) is 17.2 Å². The summed E-state index contributed by atoms with van der Waals surface area (Å²) >= 11 is 6.40. The summed E-state index contributed by atoms with van der Waals surface area (Å²) in [5.41, 5.74) is -2.39. The van der Waals surface area contributed by atoms with Crippen LogP contribution >= 0.6 is 11.6 Å². The first-order valence-corrected chi connectivity index (χ1v) is 11.5. The van der Waals surface area contributed by atoms with Crippen molar-refractivity contribution in [1.82, 2.24) is 13.9 Å². The topological polar surface area (TPSA) is 93.7 Å². The Balaban J connectivity index is 1.62. The van der Waals surface area contributed by atoms with Crippen LogP contribution in [0.15, 0.2) is 39.9 Å². The SMILES string of the molecule is COc1ccc(C(=O)O[C@H]2c3c(Cl)cc(F)c(-n4c(=O)n5n(c4=O)CCCC5)c3OC2(C)C)cc1. The second-order valence-corrected chi connectivity index (χ2v) is 9.41. The van der Waals surface area contributed by atoms with E-state index < -0.39 is 34.9 Å². The number of rotatable bonds is 4. The zero-order valence-corrected chi connectivity index (χ0v) is 20.1. The third-order valence-electron chi connectivity index (χ3n) is 6.34. The molecule has 0 bridgehead atoms. The Hall–Kier alpha value is -3.53. The number of carbonyl (C=O) groups excluding carboxylic acids is 1. The molecule has 11 heteroatoms. The Morgan fingerprint density at radius 3 is 2.29 bits per heavy atom. The Morgan fingerprint density at radius 1 is 1.11 bits per heavy atom. The first kappa shape index (κ1) is 23.2. The molecule has 2 aliphatic rings. The van der Waals surface area contributed by atoms with E-state index in [1.54, 1.807) is 38.1 Å². The number of aromatic nitrogens is 3. The number of methoxy groups -OCH3 is 1. The molecule has 3 heterocycles. The van der Waals surface area contributed by atoms with E-state index >= 15 is 4.39 Å². The summed E-state index contributed by atoms with van der Waals surface area (Å²) < 4.78 is 35.6. The molecular formula is C24H23ClFN3O6. The van der Waals surface area contributed by atoms with Gasteiger partial charge in [0.2, 0.25) is 0 Å². The Bertz CT molecular complexity index is 1420. The average molecular weight is 504 g/mol. The summed E-state index contributed by atoms with van der Waals surface area (Å²) in [5, 5.41) is -0.0449. The highest BCUT2D eigenvalue weighted by atomic mass is 35.5. The number of benzene rings is 2. The number of esters is 1. The molecule has 5 rings (SSSR count). The predicted octanol–water partition coefficient (Wildman–Crippen LogP) is 3.46. The predicted molar refractivity (Wildman–Crippen MR) is 124 cm³/mol. The highest BCUT2D eigenvalue weighted by Crippen LogP contribution is 2.51. The van der Waals surface area contributed by atoms with Crippen molar-refractivity contribution in [2.24, 2.45) is 0 Å². The van der Waals surface area contributed by atoms with Crippen molar-refractivity contribution in [3.05, 3.63) is 73.3 Å². The normalized spacial score (nSPS) is 17.9. The number of hydrogen-bond donors (Lipinski definition) is 0. The smallest absolute Gasteiger partial charge is 0.352 e. The van der Waals surface area contributed by atoms with Crippen LogP contribution in [-0.2, 0) is 17.8 Å². The molecule has 0 fully saturated rings. The lowest BCUT2D eigenvalue weighted by molar-refractivity contribution is -0.0301. The van der Waals surface area contributed by atoms with Crippen molar-refractivity contribution in [1.29, 1.82) is 0 Å². The maximum atomic E-state index is 15.3. The van der Waals surface area contributed by atoms with Gasteiger partial charge in [-0.25, -0.2) is 32.7 Å². The van der Waals surface area contributed by atoms with Gasteiger partial charge in [-0.05, 0) is 57.0 Å². The van der Waals surface area contributed by atoms with Gasteiger partial charge in [-0.3, -0.25) is 0 Å². The Labute approximate surface area is 204 Å². The standard InChI is InChI=1S/C24H23ClFN3O6/c1-24(2)20(34-21(30)13-6-8-14(33-3)9-7-13)17-15(25)12-16(26)18(19(17)35-24)29-22(31)27-10-4-5-11-28(27)23(29)32/h6-9,12,20H,4-5,10-11H2,1-3H3/t20-/m0/s1. The van der Waals surface area contributed by atoms with E-state index in [1.807, 2.05) is 0 Å². The fourth-order valence-electron chi connectivity index (χ4n) is 4.59. The van der Waals surface area contributed by atoms with E-state index in [1.165, 1.54) is 16.5 Å². The van der Waals surface area contributed by atoms with Crippen LogP contribution in [0.2, 0.25) is 5.02 Å². The summed E-state index contributed by atoms with van der Waals surface area (Å²) in [5.74, 6) is -1.07. The van der Waals surface area contributed by atoms with Crippen LogP contribution in [0.1, 0.15) is 48.7 Å². The largest absolute Gasteiger partial charge is 0.497 e. The van der Waals surface area contributed by atoms with Gasteiger partial charge in [-0.1, -0.05) is 11.6 Å². The molecule has 0 radical (unpaired) electrons. The van der Waals surface area contributed by atoms with E-state index in [4.69, 9.17) is 25.8 Å². The number of carbonyl (C=O) groups is 1. The maximum absolute atomic E-state index is 15.3. The van der Waals surface area contributed by atoms with Gasteiger partial charge in [0.1, 0.15) is 17.0 Å².